The third-order valence-electron chi connectivity index (χ3n) is 2.17. The Morgan fingerprint density at radius 2 is 2.12 bits per heavy atom. The molecule has 96 valence electrons. The molecule has 2 N–H and O–H groups in total. The predicted molar refractivity (Wildman–Crippen MR) is 69.5 cm³/mol. The van der Waals surface area contributed by atoms with Crippen molar-refractivity contribution in [1.82, 2.24) is 10.3 Å². The normalized spacial score (nSPS) is 11.4. The molecule has 5 nitrogen and oxygen atoms in total. The van der Waals surface area contributed by atoms with Gasteiger partial charge in [-0.05, 0) is 38.6 Å². The van der Waals surface area contributed by atoms with Crippen molar-refractivity contribution in [2.45, 2.75) is 20.3 Å². The molecule has 1 rings (SSSR count). The van der Waals surface area contributed by atoms with Gasteiger partial charge in [-0.25, -0.2) is 13.4 Å². The number of pyridine rings is 1. The Labute approximate surface area is 103 Å². The van der Waals surface area contributed by atoms with Gasteiger partial charge in [-0.2, -0.15) is 0 Å². The first-order valence-corrected chi connectivity index (χ1v) is 7.33. The Kier molecular flexibility index (Phi) is 5.37. The molecule has 0 aliphatic rings. The van der Waals surface area contributed by atoms with Crippen LogP contribution in [0, 0.1) is 6.92 Å². The van der Waals surface area contributed by atoms with Crippen molar-refractivity contribution in [3.8, 4) is 0 Å². The highest BCUT2D eigenvalue weighted by molar-refractivity contribution is 7.92. The molecule has 6 heteroatoms. The first-order valence-electron chi connectivity index (χ1n) is 5.68. The van der Waals surface area contributed by atoms with E-state index in [9.17, 15) is 8.42 Å². The lowest BCUT2D eigenvalue weighted by molar-refractivity contribution is 0.595. The minimum atomic E-state index is -3.28. The van der Waals surface area contributed by atoms with E-state index in [4.69, 9.17) is 0 Å². The van der Waals surface area contributed by atoms with Crippen LogP contribution in [0.4, 0.5) is 5.82 Å². The number of nitrogens with one attached hydrogen (secondary N) is 2. The summed E-state index contributed by atoms with van der Waals surface area (Å²) in [5.74, 6) is 0.490. The number of hydrogen-bond donors (Lipinski definition) is 2. The largest absolute Gasteiger partial charge is 0.317 e. The Hall–Kier alpha value is -1.14. The summed E-state index contributed by atoms with van der Waals surface area (Å²) in [6, 6.07) is 5.25. The zero-order valence-corrected chi connectivity index (χ0v) is 11.0. The van der Waals surface area contributed by atoms with Crippen LogP contribution in [0.25, 0.3) is 0 Å². The molecule has 17 heavy (non-hydrogen) atoms. The van der Waals surface area contributed by atoms with Crippen molar-refractivity contribution >= 4 is 15.8 Å². The number of nitrogens with zero attached hydrogens (tertiary/aromatic N) is 1. The first-order chi connectivity index (χ1) is 8.03. The highest BCUT2D eigenvalue weighted by atomic mass is 32.2. The molecule has 0 radical (unpaired) electrons. The lowest BCUT2D eigenvalue weighted by Crippen LogP contribution is -2.22. The second kappa shape index (κ2) is 6.56. The highest BCUT2D eigenvalue weighted by Gasteiger charge is 2.10. The Balaban J connectivity index is 2.49. The third-order valence-corrected chi connectivity index (χ3v) is 3.51. The summed E-state index contributed by atoms with van der Waals surface area (Å²) in [6.07, 6.45) is 0.592. The summed E-state index contributed by atoms with van der Waals surface area (Å²) in [6.45, 7) is 5.37. The molecular formula is C11H19N3O2S. The van der Waals surface area contributed by atoms with Crippen molar-refractivity contribution in [3.63, 3.8) is 0 Å². The summed E-state index contributed by atoms with van der Waals surface area (Å²) < 4.78 is 25.9. The Morgan fingerprint density at radius 3 is 2.76 bits per heavy atom. The number of sulfonamides is 1. The van der Waals surface area contributed by atoms with Crippen LogP contribution in [0.2, 0.25) is 0 Å². The van der Waals surface area contributed by atoms with Gasteiger partial charge in [0.1, 0.15) is 5.82 Å². The first kappa shape index (κ1) is 13.9. The van der Waals surface area contributed by atoms with E-state index in [0.717, 1.165) is 12.2 Å². The standard InChI is InChI=1S/C11H19N3O2S/c1-3-12-8-5-9-17(15,16)14-11-7-4-6-10(2)13-11/h4,6-7,12H,3,5,8-9H2,1-2H3,(H,13,14). The smallest absolute Gasteiger partial charge is 0.233 e. The quantitative estimate of drug-likeness (QED) is 0.718. The SMILES string of the molecule is CCNCCCS(=O)(=O)Nc1cccc(C)n1. The molecule has 0 saturated heterocycles. The van der Waals surface area contributed by atoms with Gasteiger partial charge in [0.2, 0.25) is 10.0 Å². The van der Waals surface area contributed by atoms with Crippen molar-refractivity contribution in [2.24, 2.45) is 0 Å². The van der Waals surface area contributed by atoms with Crippen molar-refractivity contribution in [3.05, 3.63) is 23.9 Å². The van der Waals surface area contributed by atoms with E-state index in [1.54, 1.807) is 12.1 Å². The van der Waals surface area contributed by atoms with Crippen LogP contribution in [-0.2, 0) is 10.0 Å². The number of hydrogen-bond acceptors (Lipinski definition) is 4. The summed E-state index contributed by atoms with van der Waals surface area (Å²) >= 11 is 0. The molecule has 0 bridgehead atoms. The minimum absolute atomic E-state index is 0.107. The lowest BCUT2D eigenvalue weighted by atomic mass is 10.4. The lowest BCUT2D eigenvalue weighted by Gasteiger charge is -2.07. The van der Waals surface area contributed by atoms with Gasteiger partial charge in [-0.15, -0.1) is 0 Å². The van der Waals surface area contributed by atoms with Crippen LogP contribution in [0.3, 0.4) is 0 Å². The van der Waals surface area contributed by atoms with Gasteiger partial charge in [0.25, 0.3) is 0 Å². The molecular weight excluding hydrogens is 238 g/mol. The molecule has 0 spiro atoms. The van der Waals surface area contributed by atoms with E-state index in [1.165, 1.54) is 0 Å². The molecule has 0 amide bonds. The van der Waals surface area contributed by atoms with Gasteiger partial charge >= 0.3 is 0 Å². The summed E-state index contributed by atoms with van der Waals surface area (Å²) in [5, 5.41) is 3.09. The molecule has 0 atom stereocenters. The van der Waals surface area contributed by atoms with Gasteiger partial charge in [-0.1, -0.05) is 13.0 Å². The second-order valence-electron chi connectivity index (χ2n) is 3.79. The van der Waals surface area contributed by atoms with Crippen LogP contribution in [0.5, 0.6) is 0 Å². The van der Waals surface area contributed by atoms with Crippen molar-refractivity contribution in [2.75, 3.05) is 23.6 Å². The third kappa shape index (κ3) is 5.65. The molecule has 0 saturated carbocycles. The number of aryl methyl sites for hydroxylation is 1. The Bertz CT molecular complexity index is 446. The predicted octanol–water partition coefficient (Wildman–Crippen LogP) is 1.13. The average molecular weight is 257 g/mol. The maximum atomic E-state index is 11.7. The monoisotopic (exact) mass is 257 g/mol. The molecule has 0 unspecified atom stereocenters. The molecule has 1 aromatic rings. The number of aromatic nitrogens is 1. The number of anilines is 1. The average Bonchev–Trinajstić information content (AvgIpc) is 2.24. The zero-order valence-electron chi connectivity index (χ0n) is 10.2. The maximum Gasteiger partial charge on any atom is 0.233 e. The van der Waals surface area contributed by atoms with Gasteiger partial charge in [0.15, 0.2) is 0 Å². The topological polar surface area (TPSA) is 71.1 Å². The fourth-order valence-electron chi connectivity index (χ4n) is 1.37. The van der Waals surface area contributed by atoms with Crippen LogP contribution in [0.15, 0.2) is 18.2 Å². The van der Waals surface area contributed by atoms with E-state index in [-0.39, 0.29) is 5.75 Å². The summed E-state index contributed by atoms with van der Waals surface area (Å²) in [4.78, 5) is 4.10. The van der Waals surface area contributed by atoms with E-state index >= 15 is 0 Å². The molecule has 0 aliphatic heterocycles. The van der Waals surface area contributed by atoms with Gasteiger partial charge in [0.05, 0.1) is 5.75 Å². The fraction of sp³-hybridized carbons (Fsp3) is 0.545. The van der Waals surface area contributed by atoms with Gasteiger partial charge in [0, 0.05) is 5.69 Å². The van der Waals surface area contributed by atoms with E-state index in [2.05, 4.69) is 15.0 Å². The summed E-state index contributed by atoms with van der Waals surface area (Å²) in [5.41, 5.74) is 0.790. The van der Waals surface area contributed by atoms with Crippen molar-refractivity contribution in [1.29, 1.82) is 0 Å². The fourth-order valence-corrected chi connectivity index (χ4v) is 2.43. The van der Waals surface area contributed by atoms with Crippen LogP contribution < -0.4 is 10.0 Å². The van der Waals surface area contributed by atoms with E-state index in [0.29, 0.717) is 18.8 Å². The second-order valence-corrected chi connectivity index (χ2v) is 5.63. The maximum absolute atomic E-state index is 11.7. The highest BCUT2D eigenvalue weighted by Crippen LogP contribution is 2.06. The van der Waals surface area contributed by atoms with Crippen LogP contribution in [0.1, 0.15) is 19.0 Å². The summed E-state index contributed by atoms with van der Waals surface area (Å²) in [7, 11) is -3.28. The molecule has 0 fully saturated rings. The zero-order chi connectivity index (χ0) is 12.7. The molecule has 1 aromatic heterocycles. The van der Waals surface area contributed by atoms with Gasteiger partial charge < -0.3 is 5.32 Å². The van der Waals surface area contributed by atoms with E-state index < -0.39 is 10.0 Å². The van der Waals surface area contributed by atoms with Gasteiger partial charge in [-0.3, -0.25) is 4.72 Å². The van der Waals surface area contributed by atoms with E-state index in [1.807, 2.05) is 19.9 Å². The number of rotatable bonds is 7. The molecule has 0 aromatic carbocycles. The van der Waals surface area contributed by atoms with Crippen LogP contribution >= 0.6 is 0 Å². The minimum Gasteiger partial charge on any atom is -0.317 e. The molecule has 0 aliphatic carbocycles. The molecule has 1 heterocycles. The van der Waals surface area contributed by atoms with Crippen molar-refractivity contribution < 1.29 is 8.42 Å². The van der Waals surface area contributed by atoms with Crippen LogP contribution in [-0.4, -0.2) is 32.2 Å². The Morgan fingerprint density at radius 1 is 1.35 bits per heavy atom.